The van der Waals surface area contributed by atoms with Crippen LogP contribution in [0.5, 0.6) is 0 Å². The predicted molar refractivity (Wildman–Crippen MR) is 79.7 cm³/mol. The number of alkyl halides is 3. The van der Waals surface area contributed by atoms with Gasteiger partial charge in [-0.2, -0.15) is 13.2 Å². The van der Waals surface area contributed by atoms with E-state index < -0.39 is 17.7 Å². The summed E-state index contributed by atoms with van der Waals surface area (Å²) >= 11 is 1.74. The van der Waals surface area contributed by atoms with Gasteiger partial charge in [-0.25, -0.2) is 4.79 Å². The van der Waals surface area contributed by atoms with E-state index in [4.69, 9.17) is 4.74 Å². The largest absolute Gasteiger partial charge is 0.457 e. The molecular formula is C15H10F3IO2. The lowest BCUT2D eigenvalue weighted by Crippen LogP contribution is -2.10. The third-order valence-corrected chi connectivity index (χ3v) is 3.30. The van der Waals surface area contributed by atoms with Crippen LogP contribution in [0.3, 0.4) is 0 Å². The minimum absolute atomic E-state index is 0.0203. The van der Waals surface area contributed by atoms with Crippen molar-refractivity contribution in [2.24, 2.45) is 0 Å². The Hall–Kier alpha value is -1.57. The highest BCUT2D eigenvalue weighted by atomic mass is 127. The molecule has 2 aromatic rings. The second-order valence-electron chi connectivity index (χ2n) is 4.29. The fraction of sp³-hybridized carbons (Fsp3) is 0.133. The molecule has 0 bridgehead atoms. The van der Waals surface area contributed by atoms with Gasteiger partial charge in [0.15, 0.2) is 0 Å². The first-order valence-corrected chi connectivity index (χ1v) is 7.03. The molecule has 2 nitrogen and oxygen atoms in total. The van der Waals surface area contributed by atoms with Crippen LogP contribution in [0.15, 0.2) is 48.5 Å². The van der Waals surface area contributed by atoms with Gasteiger partial charge < -0.3 is 4.74 Å². The molecule has 0 aliphatic carbocycles. The first-order chi connectivity index (χ1) is 9.86. The molecule has 0 radical (unpaired) electrons. The molecule has 6 heteroatoms. The van der Waals surface area contributed by atoms with Gasteiger partial charge in [0.25, 0.3) is 0 Å². The van der Waals surface area contributed by atoms with Crippen LogP contribution in [0.2, 0.25) is 0 Å². The zero-order valence-corrected chi connectivity index (χ0v) is 12.8. The van der Waals surface area contributed by atoms with E-state index >= 15 is 0 Å². The Kier molecular flexibility index (Phi) is 4.87. The number of halogens is 4. The molecule has 0 saturated carbocycles. The van der Waals surface area contributed by atoms with Crippen LogP contribution in [0.25, 0.3) is 0 Å². The first kappa shape index (κ1) is 15.8. The van der Waals surface area contributed by atoms with E-state index in [1.54, 1.807) is 46.9 Å². The summed E-state index contributed by atoms with van der Waals surface area (Å²) in [4.78, 5) is 11.9. The van der Waals surface area contributed by atoms with Crippen molar-refractivity contribution < 1.29 is 22.7 Å². The average molecular weight is 406 g/mol. The molecule has 2 aromatic carbocycles. The molecule has 0 aliphatic heterocycles. The van der Waals surface area contributed by atoms with E-state index in [0.29, 0.717) is 3.57 Å². The number of rotatable bonds is 3. The van der Waals surface area contributed by atoms with Crippen molar-refractivity contribution in [1.29, 1.82) is 0 Å². The van der Waals surface area contributed by atoms with E-state index in [2.05, 4.69) is 0 Å². The molecule has 0 atom stereocenters. The number of benzene rings is 2. The van der Waals surface area contributed by atoms with Gasteiger partial charge in [0.05, 0.1) is 11.1 Å². The summed E-state index contributed by atoms with van der Waals surface area (Å²) in [5.41, 5.74) is -0.196. The smallest absolute Gasteiger partial charge is 0.416 e. The second kappa shape index (κ2) is 6.46. The molecule has 2 rings (SSSR count). The first-order valence-electron chi connectivity index (χ1n) is 5.95. The molecule has 0 aromatic heterocycles. The maximum atomic E-state index is 12.7. The molecule has 0 heterocycles. The number of hydrogen-bond donors (Lipinski definition) is 0. The maximum Gasteiger partial charge on any atom is 0.416 e. The molecule has 0 aliphatic rings. The predicted octanol–water partition coefficient (Wildman–Crippen LogP) is 4.67. The van der Waals surface area contributed by atoms with Gasteiger partial charge in [0.1, 0.15) is 6.61 Å². The summed E-state index contributed by atoms with van der Waals surface area (Å²) in [6.45, 7) is 0.0203. The van der Waals surface area contributed by atoms with E-state index in [1.807, 2.05) is 6.07 Å². The highest BCUT2D eigenvalue weighted by molar-refractivity contribution is 14.1. The number of esters is 1. The summed E-state index contributed by atoms with van der Waals surface area (Å²) in [6.07, 6.45) is -4.49. The van der Waals surface area contributed by atoms with E-state index in [-0.39, 0.29) is 12.2 Å². The lowest BCUT2D eigenvalue weighted by Gasteiger charge is -2.10. The van der Waals surface area contributed by atoms with Crippen molar-refractivity contribution in [3.8, 4) is 0 Å². The summed E-state index contributed by atoms with van der Waals surface area (Å²) in [5, 5.41) is 0. The van der Waals surface area contributed by atoms with Crippen LogP contribution in [0, 0.1) is 3.57 Å². The Bertz CT molecular complexity index is 639. The van der Waals surface area contributed by atoms with Crippen LogP contribution < -0.4 is 0 Å². The van der Waals surface area contributed by atoms with Crippen molar-refractivity contribution in [2.45, 2.75) is 12.8 Å². The number of hydrogen-bond acceptors (Lipinski definition) is 2. The molecule has 21 heavy (non-hydrogen) atoms. The maximum absolute atomic E-state index is 12.7. The van der Waals surface area contributed by atoms with E-state index in [1.165, 1.54) is 6.07 Å². The van der Waals surface area contributed by atoms with Crippen LogP contribution >= 0.6 is 22.6 Å². The third kappa shape index (κ3) is 4.45. The van der Waals surface area contributed by atoms with Gasteiger partial charge in [-0.1, -0.05) is 30.3 Å². The number of ether oxygens (including phenoxy) is 1. The zero-order valence-electron chi connectivity index (χ0n) is 10.7. The van der Waals surface area contributed by atoms with Gasteiger partial charge in [-0.3, -0.25) is 0 Å². The van der Waals surface area contributed by atoms with Gasteiger partial charge in [0, 0.05) is 3.57 Å². The minimum atomic E-state index is -4.49. The van der Waals surface area contributed by atoms with Gasteiger partial charge >= 0.3 is 12.1 Å². The van der Waals surface area contributed by atoms with Crippen LogP contribution in [0.1, 0.15) is 21.5 Å². The highest BCUT2D eigenvalue weighted by Gasteiger charge is 2.31. The Morgan fingerprint density at radius 2 is 1.76 bits per heavy atom. The Balaban J connectivity index is 2.14. The Morgan fingerprint density at radius 1 is 1.10 bits per heavy atom. The van der Waals surface area contributed by atoms with Crippen molar-refractivity contribution >= 4 is 28.6 Å². The number of carbonyl (C=O) groups excluding carboxylic acids is 1. The van der Waals surface area contributed by atoms with Crippen molar-refractivity contribution in [3.63, 3.8) is 0 Å². The summed E-state index contributed by atoms with van der Waals surface area (Å²) in [6, 6.07) is 12.1. The highest BCUT2D eigenvalue weighted by Crippen LogP contribution is 2.31. The molecule has 0 fully saturated rings. The topological polar surface area (TPSA) is 26.3 Å². The van der Waals surface area contributed by atoms with Gasteiger partial charge in [-0.05, 0) is 46.4 Å². The molecule has 0 N–H and O–H groups in total. The molecule has 0 unspecified atom stereocenters. The molecule has 0 spiro atoms. The van der Waals surface area contributed by atoms with Crippen molar-refractivity contribution in [1.82, 2.24) is 0 Å². The van der Waals surface area contributed by atoms with E-state index in [0.717, 1.165) is 17.7 Å². The van der Waals surface area contributed by atoms with Crippen LogP contribution in [-0.4, -0.2) is 5.97 Å². The average Bonchev–Trinajstić information content (AvgIpc) is 2.44. The second-order valence-corrected chi connectivity index (χ2v) is 5.53. The van der Waals surface area contributed by atoms with Crippen LogP contribution in [0.4, 0.5) is 13.2 Å². The van der Waals surface area contributed by atoms with Gasteiger partial charge in [0.2, 0.25) is 0 Å². The minimum Gasteiger partial charge on any atom is -0.457 e. The van der Waals surface area contributed by atoms with E-state index in [9.17, 15) is 18.0 Å². The molecule has 0 saturated heterocycles. The zero-order chi connectivity index (χ0) is 15.5. The van der Waals surface area contributed by atoms with Crippen molar-refractivity contribution in [3.05, 3.63) is 68.8 Å². The lowest BCUT2D eigenvalue weighted by atomic mass is 10.1. The number of carbonyl (C=O) groups is 1. The Labute approximate surface area is 133 Å². The molecule has 110 valence electrons. The molecular weight excluding hydrogens is 396 g/mol. The standard InChI is InChI=1S/C15H10F3IO2/c16-15(17,18)12-6-11(7-13(19)8-12)14(20)21-9-10-4-2-1-3-5-10/h1-8H,9H2. The fourth-order valence-corrected chi connectivity index (χ4v) is 2.35. The lowest BCUT2D eigenvalue weighted by molar-refractivity contribution is -0.137. The van der Waals surface area contributed by atoms with Gasteiger partial charge in [-0.15, -0.1) is 0 Å². The SMILES string of the molecule is O=C(OCc1ccccc1)c1cc(I)cc(C(F)(F)F)c1. The van der Waals surface area contributed by atoms with Crippen molar-refractivity contribution in [2.75, 3.05) is 0 Å². The normalized spacial score (nSPS) is 11.2. The monoisotopic (exact) mass is 406 g/mol. The molecule has 0 amide bonds. The summed E-state index contributed by atoms with van der Waals surface area (Å²) in [7, 11) is 0. The summed E-state index contributed by atoms with van der Waals surface area (Å²) in [5.74, 6) is -0.775. The fourth-order valence-electron chi connectivity index (χ4n) is 1.68. The van der Waals surface area contributed by atoms with Crippen LogP contribution in [-0.2, 0) is 17.5 Å². The Morgan fingerprint density at radius 3 is 2.38 bits per heavy atom. The third-order valence-electron chi connectivity index (χ3n) is 2.67. The quantitative estimate of drug-likeness (QED) is 0.547. The summed E-state index contributed by atoms with van der Waals surface area (Å²) < 4.78 is 43.5.